The zero-order valence-electron chi connectivity index (χ0n) is 15.6. The fourth-order valence-electron chi connectivity index (χ4n) is 7.58. The Morgan fingerprint density at radius 2 is 1.83 bits per heavy atom. The van der Waals surface area contributed by atoms with Crippen molar-refractivity contribution in [1.82, 2.24) is 0 Å². The van der Waals surface area contributed by atoms with Crippen LogP contribution >= 0.6 is 0 Å². The summed E-state index contributed by atoms with van der Waals surface area (Å²) in [5.74, 6) is 2.96. The van der Waals surface area contributed by atoms with Gasteiger partial charge in [-0.1, -0.05) is 13.8 Å². The van der Waals surface area contributed by atoms with Gasteiger partial charge in [-0.2, -0.15) is 0 Å². The lowest BCUT2D eigenvalue weighted by molar-refractivity contribution is -0.159. The highest BCUT2D eigenvalue weighted by Crippen LogP contribution is 2.66. The molecule has 0 aliphatic heterocycles. The van der Waals surface area contributed by atoms with Crippen LogP contribution in [0.1, 0.15) is 78.6 Å². The minimum atomic E-state index is -0.120. The van der Waals surface area contributed by atoms with Crippen LogP contribution in [0.15, 0.2) is 0 Å². The van der Waals surface area contributed by atoms with Crippen LogP contribution in [0.25, 0.3) is 0 Å². The van der Waals surface area contributed by atoms with Gasteiger partial charge in [0, 0.05) is 6.92 Å². The van der Waals surface area contributed by atoms with E-state index < -0.39 is 0 Å². The number of rotatable bonds is 1. The van der Waals surface area contributed by atoms with Crippen molar-refractivity contribution < 1.29 is 14.6 Å². The molecule has 1 N–H and O–H groups in total. The predicted molar refractivity (Wildman–Crippen MR) is 93.3 cm³/mol. The third kappa shape index (κ3) is 2.53. The van der Waals surface area contributed by atoms with Crippen LogP contribution in [0.2, 0.25) is 0 Å². The normalized spacial score (nSPS) is 53.7. The zero-order chi connectivity index (χ0) is 17.1. The molecule has 4 rings (SSSR count). The first kappa shape index (κ1) is 16.9. The molecule has 3 nitrogen and oxygen atoms in total. The van der Waals surface area contributed by atoms with Gasteiger partial charge in [-0.3, -0.25) is 4.79 Å². The minimum absolute atomic E-state index is 0.0658. The number of aliphatic hydroxyl groups excluding tert-OH is 1. The van der Waals surface area contributed by atoms with E-state index in [0.717, 1.165) is 43.4 Å². The lowest BCUT2D eigenvalue weighted by Gasteiger charge is -2.60. The highest BCUT2D eigenvalue weighted by Gasteiger charge is 2.59. The smallest absolute Gasteiger partial charge is 0.302 e. The van der Waals surface area contributed by atoms with Gasteiger partial charge >= 0.3 is 5.97 Å². The summed E-state index contributed by atoms with van der Waals surface area (Å²) < 4.78 is 5.55. The van der Waals surface area contributed by atoms with Gasteiger partial charge in [0.05, 0.1) is 6.10 Å². The van der Waals surface area contributed by atoms with E-state index in [-0.39, 0.29) is 18.2 Å². The number of aliphatic hydroxyl groups is 1. The van der Waals surface area contributed by atoms with Gasteiger partial charge in [0.1, 0.15) is 6.10 Å². The van der Waals surface area contributed by atoms with Crippen LogP contribution in [-0.4, -0.2) is 23.3 Å². The summed E-state index contributed by atoms with van der Waals surface area (Å²) in [6, 6.07) is 0. The van der Waals surface area contributed by atoms with Crippen molar-refractivity contribution in [2.75, 3.05) is 0 Å². The molecule has 4 aliphatic carbocycles. The molecule has 0 heterocycles. The zero-order valence-corrected chi connectivity index (χ0v) is 15.6. The molecule has 0 saturated heterocycles. The molecule has 0 radical (unpaired) electrons. The van der Waals surface area contributed by atoms with Crippen molar-refractivity contribution in [3.05, 3.63) is 0 Å². The van der Waals surface area contributed by atoms with Crippen LogP contribution in [0.4, 0.5) is 0 Å². The molecule has 0 amide bonds. The Bertz CT molecular complexity index is 517. The van der Waals surface area contributed by atoms with E-state index in [4.69, 9.17) is 4.74 Å². The molecule has 4 fully saturated rings. The van der Waals surface area contributed by atoms with E-state index >= 15 is 0 Å². The van der Waals surface area contributed by atoms with Gasteiger partial charge in [0.2, 0.25) is 0 Å². The standard InChI is InChI=1S/C21H34O3/c1-13(22)24-16-6-9-21(3)14(10-16)4-5-17-18(21)7-8-20(2)12-15(23)11-19(17)20/h14-19,23H,4-12H2,1-3H3/t14-,15+,16-,17+,18+,19-,20-,21-/m0/s1. The van der Waals surface area contributed by atoms with Crippen molar-refractivity contribution in [2.24, 2.45) is 34.5 Å². The second kappa shape index (κ2) is 5.72. The topological polar surface area (TPSA) is 46.5 Å². The Balaban J connectivity index is 1.53. The van der Waals surface area contributed by atoms with Crippen LogP contribution in [0.5, 0.6) is 0 Å². The number of ether oxygens (including phenoxy) is 1. The average molecular weight is 335 g/mol. The highest BCUT2D eigenvalue weighted by atomic mass is 16.5. The van der Waals surface area contributed by atoms with E-state index in [1.165, 1.54) is 39.0 Å². The van der Waals surface area contributed by atoms with Crippen LogP contribution in [0, 0.1) is 34.5 Å². The Morgan fingerprint density at radius 1 is 1.04 bits per heavy atom. The van der Waals surface area contributed by atoms with Crippen molar-refractivity contribution in [3.63, 3.8) is 0 Å². The van der Waals surface area contributed by atoms with E-state index in [1.807, 2.05) is 0 Å². The second-order valence-corrected chi connectivity index (χ2v) is 9.95. The van der Waals surface area contributed by atoms with E-state index in [0.29, 0.717) is 16.7 Å². The number of carbonyl (C=O) groups excluding carboxylic acids is 1. The van der Waals surface area contributed by atoms with Gasteiger partial charge in [-0.05, 0) is 92.3 Å². The fraction of sp³-hybridized carbons (Fsp3) is 0.952. The number of esters is 1. The first-order chi connectivity index (χ1) is 11.3. The molecule has 0 spiro atoms. The predicted octanol–water partition coefficient (Wildman–Crippen LogP) is 4.32. The van der Waals surface area contributed by atoms with Crippen molar-refractivity contribution in [2.45, 2.75) is 90.8 Å². The fourth-order valence-corrected chi connectivity index (χ4v) is 7.58. The lowest BCUT2D eigenvalue weighted by atomic mass is 9.45. The molecular weight excluding hydrogens is 300 g/mol. The lowest BCUT2D eigenvalue weighted by Crippen LogP contribution is -2.53. The molecule has 4 aliphatic rings. The molecule has 8 atom stereocenters. The summed E-state index contributed by atoms with van der Waals surface area (Å²) in [5, 5.41) is 10.3. The van der Waals surface area contributed by atoms with Gasteiger partial charge in [0.15, 0.2) is 0 Å². The summed E-state index contributed by atoms with van der Waals surface area (Å²) in [4.78, 5) is 11.3. The van der Waals surface area contributed by atoms with Crippen LogP contribution in [-0.2, 0) is 9.53 Å². The third-order valence-corrected chi connectivity index (χ3v) is 8.70. The van der Waals surface area contributed by atoms with Crippen molar-refractivity contribution in [1.29, 1.82) is 0 Å². The molecule has 0 aromatic carbocycles. The number of fused-ring (bicyclic) bond motifs is 5. The average Bonchev–Trinajstić information content (AvgIpc) is 2.81. The number of hydrogen-bond acceptors (Lipinski definition) is 3. The third-order valence-electron chi connectivity index (χ3n) is 8.70. The maximum Gasteiger partial charge on any atom is 0.302 e. The van der Waals surface area contributed by atoms with Gasteiger partial charge in [-0.15, -0.1) is 0 Å². The molecule has 0 aromatic rings. The summed E-state index contributed by atoms with van der Waals surface area (Å²) in [5.41, 5.74) is 0.813. The van der Waals surface area contributed by atoms with Crippen LogP contribution < -0.4 is 0 Å². The van der Waals surface area contributed by atoms with Crippen LogP contribution in [0.3, 0.4) is 0 Å². The summed E-state index contributed by atoms with van der Waals surface area (Å²) >= 11 is 0. The maximum atomic E-state index is 11.3. The van der Waals surface area contributed by atoms with Crippen molar-refractivity contribution in [3.8, 4) is 0 Å². The first-order valence-corrected chi connectivity index (χ1v) is 10.2. The number of carbonyl (C=O) groups is 1. The summed E-state index contributed by atoms with van der Waals surface area (Å²) in [7, 11) is 0. The monoisotopic (exact) mass is 334 g/mol. The molecule has 24 heavy (non-hydrogen) atoms. The van der Waals surface area contributed by atoms with Gasteiger partial charge in [-0.25, -0.2) is 0 Å². The molecule has 0 bridgehead atoms. The Labute approximate surface area is 146 Å². The SMILES string of the molecule is CC(=O)O[C@H]1CC[C@@]2(C)[C@@H](CC[C@@H]3[C@H]2CC[C@@]2(C)C[C@H](O)C[C@@H]32)C1. The number of hydrogen-bond donors (Lipinski definition) is 1. The van der Waals surface area contributed by atoms with Crippen molar-refractivity contribution >= 4 is 5.97 Å². The van der Waals surface area contributed by atoms with Gasteiger partial charge < -0.3 is 9.84 Å². The molecule has 4 saturated carbocycles. The minimum Gasteiger partial charge on any atom is -0.463 e. The Kier molecular flexibility index (Phi) is 4.02. The quantitative estimate of drug-likeness (QED) is 0.726. The Morgan fingerprint density at radius 3 is 2.58 bits per heavy atom. The Hall–Kier alpha value is -0.570. The largest absolute Gasteiger partial charge is 0.463 e. The van der Waals surface area contributed by atoms with E-state index in [9.17, 15) is 9.90 Å². The summed E-state index contributed by atoms with van der Waals surface area (Å²) in [6.45, 7) is 6.51. The first-order valence-electron chi connectivity index (χ1n) is 10.2. The van der Waals surface area contributed by atoms with E-state index in [2.05, 4.69) is 13.8 Å². The molecular formula is C21H34O3. The molecule has 0 unspecified atom stereocenters. The van der Waals surface area contributed by atoms with Gasteiger partial charge in [0.25, 0.3) is 0 Å². The maximum absolute atomic E-state index is 11.3. The second-order valence-electron chi connectivity index (χ2n) is 9.95. The molecule has 136 valence electrons. The highest BCUT2D eigenvalue weighted by molar-refractivity contribution is 5.66. The molecule has 3 heteroatoms. The molecule has 0 aromatic heterocycles. The van der Waals surface area contributed by atoms with E-state index in [1.54, 1.807) is 0 Å². The summed E-state index contributed by atoms with van der Waals surface area (Å²) in [6.07, 6.45) is 10.7.